The number of rotatable bonds is 2. The van der Waals surface area contributed by atoms with E-state index in [-0.39, 0.29) is 18.2 Å². The molecule has 1 amide bonds. The Hall–Kier alpha value is -1.40. The number of hydrogen-bond acceptors (Lipinski definition) is 3. The molecule has 2 aromatic heterocycles. The van der Waals surface area contributed by atoms with Crippen molar-refractivity contribution in [3.8, 4) is 0 Å². The van der Waals surface area contributed by atoms with Crippen molar-refractivity contribution < 1.29 is 9.53 Å². The van der Waals surface area contributed by atoms with E-state index in [1.54, 1.807) is 22.9 Å². The number of epoxide rings is 1. The van der Waals surface area contributed by atoms with Crippen molar-refractivity contribution in [3.63, 3.8) is 0 Å². The molecule has 0 spiro atoms. The predicted molar refractivity (Wildman–Crippen MR) is 64.7 cm³/mol. The smallest absolute Gasteiger partial charge is 0.257 e. The van der Waals surface area contributed by atoms with E-state index in [0.29, 0.717) is 11.2 Å². The van der Waals surface area contributed by atoms with E-state index >= 15 is 0 Å². The van der Waals surface area contributed by atoms with Crippen LogP contribution in [0.3, 0.4) is 0 Å². The van der Waals surface area contributed by atoms with Gasteiger partial charge in [0.1, 0.15) is 11.8 Å². The maximum atomic E-state index is 12.0. The molecule has 2 aromatic rings. The summed E-state index contributed by atoms with van der Waals surface area (Å²) in [5, 5.41) is 2.79. The summed E-state index contributed by atoms with van der Waals surface area (Å²) in [5.74, 6) is -0.170. The Balaban J connectivity index is 1.97. The second kappa shape index (κ2) is 3.82. The number of halogens is 1. The standard InChI is InChI=1S/C11H10BrN3O2/c1-6-11(17-6)14-10(16)8-4-7(12)5-15-3-2-13-9(8)15/h2-6,11H,1H3,(H,14,16). The molecule has 0 saturated carbocycles. The highest BCUT2D eigenvalue weighted by atomic mass is 79.9. The van der Waals surface area contributed by atoms with Gasteiger partial charge in [-0.05, 0) is 28.9 Å². The molecule has 88 valence electrons. The van der Waals surface area contributed by atoms with Gasteiger partial charge in [0.2, 0.25) is 0 Å². The average Bonchev–Trinajstić information content (AvgIpc) is 2.78. The fraction of sp³-hybridized carbons (Fsp3) is 0.273. The molecule has 1 N–H and O–H groups in total. The van der Waals surface area contributed by atoms with E-state index in [1.165, 1.54) is 0 Å². The number of carbonyl (C=O) groups excluding carboxylic acids is 1. The number of hydrogen-bond donors (Lipinski definition) is 1. The molecule has 0 aromatic carbocycles. The Morgan fingerprint density at radius 3 is 3.12 bits per heavy atom. The predicted octanol–water partition coefficient (Wildman–Crippen LogP) is 1.57. The largest absolute Gasteiger partial charge is 0.348 e. The second-order valence-electron chi connectivity index (χ2n) is 3.97. The number of pyridine rings is 1. The molecule has 3 rings (SSSR count). The molecule has 6 heteroatoms. The van der Waals surface area contributed by atoms with Crippen molar-refractivity contribution in [3.05, 3.63) is 34.7 Å². The first-order valence-corrected chi connectivity index (χ1v) is 6.03. The third kappa shape index (κ3) is 1.94. The van der Waals surface area contributed by atoms with Gasteiger partial charge >= 0.3 is 0 Å². The fourth-order valence-corrected chi connectivity index (χ4v) is 2.16. The molecule has 0 bridgehead atoms. The van der Waals surface area contributed by atoms with Crippen LogP contribution in [0.5, 0.6) is 0 Å². The highest BCUT2D eigenvalue weighted by molar-refractivity contribution is 9.10. The molecule has 17 heavy (non-hydrogen) atoms. The minimum absolute atomic E-state index is 0.0990. The van der Waals surface area contributed by atoms with E-state index in [2.05, 4.69) is 26.2 Å². The Morgan fingerprint density at radius 2 is 2.41 bits per heavy atom. The van der Waals surface area contributed by atoms with E-state index in [9.17, 15) is 4.79 Å². The van der Waals surface area contributed by atoms with Gasteiger partial charge in [0, 0.05) is 23.1 Å². The third-order valence-electron chi connectivity index (χ3n) is 2.68. The lowest BCUT2D eigenvalue weighted by molar-refractivity contribution is 0.0936. The molecule has 1 saturated heterocycles. The lowest BCUT2D eigenvalue weighted by Crippen LogP contribution is -2.28. The first-order chi connectivity index (χ1) is 8.15. The van der Waals surface area contributed by atoms with Crippen LogP contribution in [0.2, 0.25) is 0 Å². The number of aromatic nitrogens is 2. The van der Waals surface area contributed by atoms with Gasteiger partial charge < -0.3 is 14.5 Å². The molecule has 1 aliphatic rings. The second-order valence-corrected chi connectivity index (χ2v) is 4.88. The lowest BCUT2D eigenvalue weighted by Gasteiger charge is -2.05. The monoisotopic (exact) mass is 295 g/mol. The molecule has 2 atom stereocenters. The van der Waals surface area contributed by atoms with Gasteiger partial charge in [-0.1, -0.05) is 0 Å². The van der Waals surface area contributed by atoms with Crippen LogP contribution >= 0.6 is 15.9 Å². The Kier molecular flexibility index (Phi) is 2.41. The molecule has 1 fully saturated rings. The maximum Gasteiger partial charge on any atom is 0.257 e. The normalized spacial score (nSPS) is 22.7. The van der Waals surface area contributed by atoms with Gasteiger partial charge in [0.25, 0.3) is 5.91 Å². The molecule has 3 heterocycles. The summed E-state index contributed by atoms with van der Waals surface area (Å²) in [5.41, 5.74) is 1.17. The van der Waals surface area contributed by atoms with E-state index in [1.807, 2.05) is 13.1 Å². The van der Waals surface area contributed by atoms with Crippen molar-refractivity contribution in [1.82, 2.24) is 14.7 Å². The van der Waals surface area contributed by atoms with Crippen molar-refractivity contribution >= 4 is 27.5 Å². The number of nitrogens with zero attached hydrogens (tertiary/aromatic N) is 2. The first kappa shape index (κ1) is 10.7. The van der Waals surface area contributed by atoms with E-state index < -0.39 is 0 Å². The molecular weight excluding hydrogens is 286 g/mol. The zero-order chi connectivity index (χ0) is 12.0. The molecule has 2 unspecified atom stereocenters. The van der Waals surface area contributed by atoms with Crippen LogP contribution in [0.15, 0.2) is 29.1 Å². The summed E-state index contributed by atoms with van der Waals surface area (Å²) in [6.45, 7) is 1.91. The number of nitrogens with one attached hydrogen (secondary N) is 1. The number of carbonyl (C=O) groups is 1. The highest BCUT2D eigenvalue weighted by Crippen LogP contribution is 2.20. The van der Waals surface area contributed by atoms with Crippen LogP contribution in [-0.2, 0) is 4.74 Å². The SMILES string of the molecule is CC1OC1NC(=O)c1cc(Br)cn2ccnc12. The molecule has 1 aliphatic heterocycles. The minimum atomic E-state index is -0.170. The number of imidazole rings is 1. The Morgan fingerprint density at radius 1 is 1.65 bits per heavy atom. The van der Waals surface area contributed by atoms with Crippen LogP contribution in [-0.4, -0.2) is 27.6 Å². The van der Waals surface area contributed by atoms with Crippen molar-refractivity contribution in [2.45, 2.75) is 19.3 Å². The van der Waals surface area contributed by atoms with Crippen molar-refractivity contribution in [2.75, 3.05) is 0 Å². The first-order valence-electron chi connectivity index (χ1n) is 5.24. The molecular formula is C11H10BrN3O2. The quantitative estimate of drug-likeness (QED) is 0.856. The van der Waals surface area contributed by atoms with Crippen molar-refractivity contribution in [2.24, 2.45) is 0 Å². The summed E-state index contributed by atoms with van der Waals surface area (Å²) in [6, 6.07) is 1.75. The molecule has 0 radical (unpaired) electrons. The Labute approximate surface area is 106 Å². The van der Waals surface area contributed by atoms with Crippen LogP contribution in [0.4, 0.5) is 0 Å². The van der Waals surface area contributed by atoms with Gasteiger partial charge in [-0.3, -0.25) is 4.79 Å². The van der Waals surface area contributed by atoms with Crippen molar-refractivity contribution in [1.29, 1.82) is 0 Å². The molecule has 5 nitrogen and oxygen atoms in total. The fourth-order valence-electron chi connectivity index (χ4n) is 1.71. The third-order valence-corrected chi connectivity index (χ3v) is 3.12. The zero-order valence-corrected chi connectivity index (χ0v) is 10.6. The van der Waals surface area contributed by atoms with Crippen LogP contribution < -0.4 is 5.32 Å². The number of amides is 1. The average molecular weight is 296 g/mol. The number of ether oxygens (including phenoxy) is 1. The summed E-state index contributed by atoms with van der Waals surface area (Å²) >= 11 is 3.37. The van der Waals surface area contributed by atoms with Crippen LogP contribution in [0.1, 0.15) is 17.3 Å². The van der Waals surface area contributed by atoms with Gasteiger partial charge in [0.05, 0.1) is 5.56 Å². The number of fused-ring (bicyclic) bond motifs is 1. The van der Waals surface area contributed by atoms with Crippen LogP contribution in [0, 0.1) is 0 Å². The van der Waals surface area contributed by atoms with Gasteiger partial charge in [-0.15, -0.1) is 0 Å². The van der Waals surface area contributed by atoms with E-state index in [0.717, 1.165) is 4.47 Å². The van der Waals surface area contributed by atoms with Gasteiger partial charge in [-0.2, -0.15) is 0 Å². The summed E-state index contributed by atoms with van der Waals surface area (Å²) in [7, 11) is 0. The maximum absolute atomic E-state index is 12.0. The summed E-state index contributed by atoms with van der Waals surface area (Å²) < 4.78 is 7.80. The van der Waals surface area contributed by atoms with Gasteiger partial charge in [0.15, 0.2) is 6.23 Å². The topological polar surface area (TPSA) is 58.9 Å². The van der Waals surface area contributed by atoms with Gasteiger partial charge in [-0.25, -0.2) is 4.98 Å². The summed E-state index contributed by atoms with van der Waals surface area (Å²) in [6.07, 6.45) is 5.25. The molecule has 0 aliphatic carbocycles. The highest BCUT2D eigenvalue weighted by Gasteiger charge is 2.36. The lowest BCUT2D eigenvalue weighted by atomic mass is 10.2. The minimum Gasteiger partial charge on any atom is -0.348 e. The zero-order valence-electron chi connectivity index (χ0n) is 9.05. The Bertz CT molecular complexity index is 595. The van der Waals surface area contributed by atoms with E-state index in [4.69, 9.17) is 4.74 Å². The van der Waals surface area contributed by atoms with Crippen LogP contribution in [0.25, 0.3) is 5.65 Å². The summed E-state index contributed by atoms with van der Waals surface area (Å²) in [4.78, 5) is 16.2.